The van der Waals surface area contributed by atoms with Crippen LogP contribution in [0.2, 0.25) is 0 Å². The summed E-state index contributed by atoms with van der Waals surface area (Å²) < 4.78 is 0. The van der Waals surface area contributed by atoms with E-state index in [9.17, 15) is 4.79 Å². The quantitative estimate of drug-likeness (QED) is 0.400. The van der Waals surface area contributed by atoms with E-state index in [0.717, 1.165) is 18.8 Å². The lowest BCUT2D eigenvalue weighted by Gasteiger charge is -2.33. The van der Waals surface area contributed by atoms with Crippen molar-refractivity contribution in [3.05, 3.63) is 10.4 Å². The highest BCUT2D eigenvalue weighted by Crippen LogP contribution is 2.26. The van der Waals surface area contributed by atoms with E-state index in [1.54, 1.807) is 11.9 Å². The van der Waals surface area contributed by atoms with Gasteiger partial charge in [-0.1, -0.05) is 12.0 Å². The molecular formula is C10H18N4O. The van der Waals surface area contributed by atoms with Crippen LogP contribution in [0.3, 0.4) is 0 Å². The standard InChI is InChI=1S/C10H18N4O/c1-8-3-5-9(6-4-8)14(2)10(15)7-12-13-11/h8-9H,3-7H2,1-2H3. The van der Waals surface area contributed by atoms with Gasteiger partial charge in [0.25, 0.3) is 0 Å². The van der Waals surface area contributed by atoms with Gasteiger partial charge in [-0.3, -0.25) is 4.79 Å². The Balaban J connectivity index is 2.42. The molecule has 5 heteroatoms. The number of likely N-dealkylation sites (N-methyl/N-ethyl adjacent to an activating group) is 1. The molecule has 1 fully saturated rings. The summed E-state index contributed by atoms with van der Waals surface area (Å²) >= 11 is 0. The molecule has 0 aromatic heterocycles. The van der Waals surface area contributed by atoms with Gasteiger partial charge in [0, 0.05) is 18.0 Å². The third-order valence-electron chi connectivity index (χ3n) is 3.20. The third kappa shape index (κ3) is 3.44. The molecule has 0 aliphatic heterocycles. The topological polar surface area (TPSA) is 69.1 Å². The van der Waals surface area contributed by atoms with E-state index in [4.69, 9.17) is 5.53 Å². The molecule has 15 heavy (non-hydrogen) atoms. The lowest BCUT2D eigenvalue weighted by Crippen LogP contribution is -2.40. The maximum absolute atomic E-state index is 11.5. The Morgan fingerprint density at radius 2 is 2.07 bits per heavy atom. The molecule has 0 bridgehead atoms. The van der Waals surface area contributed by atoms with Crippen LogP contribution in [0.25, 0.3) is 10.4 Å². The van der Waals surface area contributed by atoms with Crippen molar-refractivity contribution in [2.75, 3.05) is 13.6 Å². The smallest absolute Gasteiger partial charge is 0.228 e. The summed E-state index contributed by atoms with van der Waals surface area (Å²) in [7, 11) is 1.80. The molecule has 1 aliphatic rings. The Hall–Kier alpha value is -1.22. The summed E-state index contributed by atoms with van der Waals surface area (Å²) in [5.74, 6) is 0.703. The first-order chi connectivity index (χ1) is 7.15. The normalized spacial score (nSPS) is 25.5. The van der Waals surface area contributed by atoms with Gasteiger partial charge in [-0.05, 0) is 37.1 Å². The van der Waals surface area contributed by atoms with Gasteiger partial charge in [-0.2, -0.15) is 0 Å². The van der Waals surface area contributed by atoms with Crippen LogP contribution in [0, 0.1) is 5.92 Å². The molecule has 0 atom stereocenters. The predicted octanol–water partition coefficient (Wildman–Crippen LogP) is 2.33. The molecule has 0 aromatic carbocycles. The summed E-state index contributed by atoms with van der Waals surface area (Å²) in [6, 6.07) is 0.336. The van der Waals surface area contributed by atoms with Crippen molar-refractivity contribution in [2.24, 2.45) is 11.0 Å². The molecule has 0 saturated heterocycles. The Labute approximate surface area is 90.1 Å². The van der Waals surface area contributed by atoms with Crippen molar-refractivity contribution in [2.45, 2.75) is 38.6 Å². The Kier molecular flexibility index (Phi) is 4.43. The third-order valence-corrected chi connectivity index (χ3v) is 3.20. The second kappa shape index (κ2) is 5.61. The van der Waals surface area contributed by atoms with Gasteiger partial charge < -0.3 is 4.90 Å². The van der Waals surface area contributed by atoms with Crippen LogP contribution in [0.4, 0.5) is 0 Å². The number of rotatable bonds is 3. The van der Waals surface area contributed by atoms with E-state index in [0.29, 0.717) is 6.04 Å². The lowest BCUT2D eigenvalue weighted by atomic mass is 9.87. The number of carbonyl (C=O) groups excluding carboxylic acids is 1. The van der Waals surface area contributed by atoms with Gasteiger partial charge in [-0.15, -0.1) is 0 Å². The van der Waals surface area contributed by atoms with Gasteiger partial charge in [0.1, 0.15) is 6.54 Å². The minimum Gasteiger partial charge on any atom is -0.343 e. The van der Waals surface area contributed by atoms with E-state index < -0.39 is 0 Å². The van der Waals surface area contributed by atoms with Crippen molar-refractivity contribution in [3.8, 4) is 0 Å². The van der Waals surface area contributed by atoms with Crippen molar-refractivity contribution in [3.63, 3.8) is 0 Å². The molecule has 0 N–H and O–H groups in total. The monoisotopic (exact) mass is 210 g/mol. The fourth-order valence-electron chi connectivity index (χ4n) is 2.04. The average Bonchev–Trinajstić information content (AvgIpc) is 2.26. The number of carbonyl (C=O) groups is 1. The van der Waals surface area contributed by atoms with Crippen molar-refractivity contribution < 1.29 is 4.79 Å². The van der Waals surface area contributed by atoms with Crippen LogP contribution in [0.15, 0.2) is 5.11 Å². The number of hydrogen-bond donors (Lipinski definition) is 0. The van der Waals surface area contributed by atoms with E-state index in [1.807, 2.05) is 0 Å². The van der Waals surface area contributed by atoms with Crippen molar-refractivity contribution >= 4 is 5.91 Å². The second-order valence-corrected chi connectivity index (χ2v) is 4.31. The molecule has 0 spiro atoms. The van der Waals surface area contributed by atoms with Crippen LogP contribution in [-0.4, -0.2) is 30.4 Å². The van der Waals surface area contributed by atoms with Gasteiger partial charge in [0.05, 0.1) is 0 Å². The molecule has 0 heterocycles. The molecular weight excluding hydrogens is 192 g/mol. The molecule has 0 unspecified atom stereocenters. The maximum Gasteiger partial charge on any atom is 0.228 e. The summed E-state index contributed by atoms with van der Waals surface area (Å²) in [5.41, 5.74) is 8.13. The Bertz CT molecular complexity index is 265. The summed E-state index contributed by atoms with van der Waals surface area (Å²) in [6.45, 7) is 2.19. The van der Waals surface area contributed by atoms with Crippen molar-refractivity contribution in [1.82, 2.24) is 4.90 Å². The van der Waals surface area contributed by atoms with E-state index in [1.165, 1.54) is 12.8 Å². The summed E-state index contributed by atoms with van der Waals surface area (Å²) in [6.07, 6.45) is 4.51. The largest absolute Gasteiger partial charge is 0.343 e. The molecule has 1 rings (SSSR count). The van der Waals surface area contributed by atoms with Crippen LogP contribution < -0.4 is 0 Å². The molecule has 84 valence electrons. The minimum atomic E-state index is -0.0765. The van der Waals surface area contributed by atoms with Gasteiger partial charge in [-0.25, -0.2) is 0 Å². The van der Waals surface area contributed by atoms with Crippen molar-refractivity contribution in [1.29, 1.82) is 0 Å². The maximum atomic E-state index is 11.5. The Morgan fingerprint density at radius 1 is 1.47 bits per heavy atom. The average molecular weight is 210 g/mol. The second-order valence-electron chi connectivity index (χ2n) is 4.31. The van der Waals surface area contributed by atoms with Crippen LogP contribution in [0.1, 0.15) is 32.6 Å². The highest BCUT2D eigenvalue weighted by Gasteiger charge is 2.23. The van der Waals surface area contributed by atoms with Crippen LogP contribution in [-0.2, 0) is 4.79 Å². The first-order valence-corrected chi connectivity index (χ1v) is 5.41. The highest BCUT2D eigenvalue weighted by molar-refractivity contribution is 5.78. The molecule has 0 radical (unpaired) electrons. The summed E-state index contributed by atoms with van der Waals surface area (Å²) in [4.78, 5) is 15.9. The molecule has 5 nitrogen and oxygen atoms in total. The van der Waals surface area contributed by atoms with Gasteiger partial charge in [0.2, 0.25) is 5.91 Å². The Morgan fingerprint density at radius 3 is 2.60 bits per heavy atom. The zero-order chi connectivity index (χ0) is 11.3. The van der Waals surface area contributed by atoms with Crippen LogP contribution >= 0.6 is 0 Å². The van der Waals surface area contributed by atoms with Gasteiger partial charge >= 0.3 is 0 Å². The van der Waals surface area contributed by atoms with E-state index in [2.05, 4.69) is 16.9 Å². The van der Waals surface area contributed by atoms with Gasteiger partial charge in [0.15, 0.2) is 0 Å². The highest BCUT2D eigenvalue weighted by atomic mass is 16.2. The molecule has 1 aliphatic carbocycles. The number of azide groups is 1. The van der Waals surface area contributed by atoms with E-state index >= 15 is 0 Å². The van der Waals surface area contributed by atoms with E-state index in [-0.39, 0.29) is 12.5 Å². The molecule has 1 amide bonds. The zero-order valence-electron chi connectivity index (χ0n) is 9.39. The molecule has 0 aromatic rings. The first-order valence-electron chi connectivity index (χ1n) is 5.41. The first kappa shape index (κ1) is 11.9. The SMILES string of the molecule is CC1CCC(N(C)C(=O)CN=[N+]=[N-])CC1. The fraction of sp³-hybridized carbons (Fsp3) is 0.900. The van der Waals surface area contributed by atoms with Crippen LogP contribution in [0.5, 0.6) is 0 Å². The molecule has 1 saturated carbocycles. The number of nitrogens with zero attached hydrogens (tertiary/aromatic N) is 4. The predicted molar refractivity (Wildman–Crippen MR) is 58.2 cm³/mol. The lowest BCUT2D eigenvalue weighted by molar-refractivity contribution is -0.131. The number of hydrogen-bond acceptors (Lipinski definition) is 2. The minimum absolute atomic E-state index is 0.0565. The number of amides is 1. The summed E-state index contributed by atoms with van der Waals surface area (Å²) in [5, 5.41) is 3.29. The fourth-order valence-corrected chi connectivity index (χ4v) is 2.04. The zero-order valence-corrected chi connectivity index (χ0v) is 9.39.